The summed E-state index contributed by atoms with van der Waals surface area (Å²) in [6.07, 6.45) is 6.78. The van der Waals surface area contributed by atoms with Gasteiger partial charge in [0.1, 0.15) is 0 Å². The van der Waals surface area contributed by atoms with Gasteiger partial charge < -0.3 is 15.0 Å². The van der Waals surface area contributed by atoms with Crippen molar-refractivity contribution in [3.8, 4) is 0 Å². The van der Waals surface area contributed by atoms with Crippen LogP contribution in [-0.2, 0) is 4.74 Å². The lowest BCUT2D eigenvalue weighted by molar-refractivity contribution is 0.0130. The summed E-state index contributed by atoms with van der Waals surface area (Å²) in [4.78, 5) is 6.85. The van der Waals surface area contributed by atoms with Gasteiger partial charge in [0.25, 0.3) is 0 Å². The zero-order valence-electron chi connectivity index (χ0n) is 13.6. The molecule has 1 aliphatic heterocycles. The topological polar surface area (TPSA) is 36.9 Å². The van der Waals surface area contributed by atoms with Crippen LogP contribution in [0.25, 0.3) is 0 Å². The molecule has 5 heteroatoms. The van der Waals surface area contributed by atoms with E-state index < -0.39 is 0 Å². The van der Waals surface area contributed by atoms with E-state index in [-0.39, 0.29) is 24.0 Å². The molecule has 1 saturated heterocycles. The summed E-state index contributed by atoms with van der Waals surface area (Å²) in [6.45, 7) is 7.77. The Morgan fingerprint density at radius 2 is 1.86 bits per heavy atom. The summed E-state index contributed by atoms with van der Waals surface area (Å²) in [7, 11) is 1.90. The van der Waals surface area contributed by atoms with E-state index in [1.165, 1.54) is 19.3 Å². The van der Waals surface area contributed by atoms with Crippen molar-refractivity contribution in [2.24, 2.45) is 16.3 Å². The number of piperidine rings is 1. The smallest absolute Gasteiger partial charge is 0.193 e. The van der Waals surface area contributed by atoms with Crippen molar-refractivity contribution in [1.29, 1.82) is 0 Å². The Morgan fingerprint density at radius 1 is 1.24 bits per heavy atom. The van der Waals surface area contributed by atoms with Gasteiger partial charge in [-0.05, 0) is 43.4 Å². The van der Waals surface area contributed by atoms with Crippen LogP contribution >= 0.6 is 24.0 Å². The molecule has 3 aliphatic rings. The van der Waals surface area contributed by atoms with Gasteiger partial charge in [-0.15, -0.1) is 24.0 Å². The molecule has 3 fully saturated rings. The minimum absolute atomic E-state index is 0. The van der Waals surface area contributed by atoms with Gasteiger partial charge in [-0.2, -0.15) is 0 Å². The molecular weight excluding hydrogens is 377 g/mol. The second kappa shape index (κ2) is 7.02. The number of guanidine groups is 1. The maximum atomic E-state index is 6.01. The van der Waals surface area contributed by atoms with Crippen LogP contribution in [0.5, 0.6) is 0 Å². The molecule has 0 aromatic heterocycles. The van der Waals surface area contributed by atoms with E-state index >= 15 is 0 Å². The lowest BCUT2D eigenvalue weighted by Gasteiger charge is -2.34. The highest BCUT2D eigenvalue weighted by Gasteiger charge is 2.46. The number of hydrogen-bond acceptors (Lipinski definition) is 2. The van der Waals surface area contributed by atoms with Gasteiger partial charge in [0, 0.05) is 32.8 Å². The predicted octanol–water partition coefficient (Wildman–Crippen LogP) is 2.87. The highest BCUT2D eigenvalue weighted by molar-refractivity contribution is 14.0. The molecule has 0 aromatic rings. The van der Waals surface area contributed by atoms with Gasteiger partial charge in [0.2, 0.25) is 0 Å². The number of aliphatic imine (C=N–C) groups is 1. The molecule has 0 radical (unpaired) electrons. The maximum absolute atomic E-state index is 6.01. The average Bonchev–Trinajstić information content (AvgIpc) is 3.34. The minimum Gasteiger partial charge on any atom is -0.378 e. The number of likely N-dealkylation sites (tertiary alicyclic amines) is 1. The summed E-state index contributed by atoms with van der Waals surface area (Å²) in [6, 6.07) is 0.602. The van der Waals surface area contributed by atoms with Crippen LogP contribution in [0.15, 0.2) is 4.99 Å². The Balaban J connectivity index is 0.00000161. The van der Waals surface area contributed by atoms with Crippen LogP contribution in [0.4, 0.5) is 0 Å². The second-order valence-electron chi connectivity index (χ2n) is 7.40. The number of ether oxygens (including phenoxy) is 1. The van der Waals surface area contributed by atoms with Gasteiger partial charge in [-0.3, -0.25) is 4.99 Å². The fourth-order valence-electron chi connectivity index (χ4n) is 2.96. The first-order valence-corrected chi connectivity index (χ1v) is 8.18. The molecule has 0 aromatic carbocycles. The molecule has 3 rings (SSSR count). The molecule has 0 spiro atoms. The quantitative estimate of drug-likeness (QED) is 0.443. The third-order valence-electron chi connectivity index (χ3n) is 5.03. The van der Waals surface area contributed by atoms with Crippen LogP contribution < -0.4 is 5.32 Å². The predicted molar refractivity (Wildman–Crippen MR) is 97.4 cm³/mol. The van der Waals surface area contributed by atoms with Crippen LogP contribution in [0.1, 0.15) is 46.0 Å². The molecule has 21 heavy (non-hydrogen) atoms. The largest absolute Gasteiger partial charge is 0.378 e. The highest BCUT2D eigenvalue weighted by Crippen LogP contribution is 2.44. The lowest BCUT2D eigenvalue weighted by Crippen LogP contribution is -2.48. The standard InChI is InChI=1S/C16H29N3O.HI/c1-16(2)10-14(16)18-15(17-3)19-8-6-13(7-9-19)20-11-12-4-5-12;/h12-14H,4-11H2,1-3H3,(H,17,18);1H. The van der Waals surface area contributed by atoms with Crippen molar-refractivity contribution >= 4 is 29.9 Å². The van der Waals surface area contributed by atoms with Gasteiger partial charge in [-0.25, -0.2) is 0 Å². The second-order valence-corrected chi connectivity index (χ2v) is 7.40. The highest BCUT2D eigenvalue weighted by atomic mass is 127. The number of hydrogen-bond donors (Lipinski definition) is 1. The first-order chi connectivity index (χ1) is 9.58. The summed E-state index contributed by atoms with van der Waals surface area (Å²) in [5.74, 6) is 1.96. The van der Waals surface area contributed by atoms with Crippen LogP contribution in [0.2, 0.25) is 0 Å². The Morgan fingerprint density at radius 3 is 2.33 bits per heavy atom. The van der Waals surface area contributed by atoms with Gasteiger partial charge in [-0.1, -0.05) is 13.8 Å². The fraction of sp³-hybridized carbons (Fsp3) is 0.938. The van der Waals surface area contributed by atoms with E-state index in [2.05, 4.69) is 29.1 Å². The molecule has 0 amide bonds. The Labute approximate surface area is 146 Å². The van der Waals surface area contributed by atoms with Crippen molar-refractivity contribution in [2.45, 2.75) is 58.1 Å². The first-order valence-electron chi connectivity index (χ1n) is 8.18. The summed E-state index contributed by atoms with van der Waals surface area (Å²) in [5, 5.41) is 3.61. The Kier molecular flexibility index (Phi) is 5.79. The monoisotopic (exact) mass is 407 g/mol. The zero-order chi connectivity index (χ0) is 14.2. The molecule has 2 aliphatic carbocycles. The van der Waals surface area contributed by atoms with Gasteiger partial charge >= 0.3 is 0 Å². The summed E-state index contributed by atoms with van der Waals surface area (Å²) in [5.41, 5.74) is 0.446. The van der Waals surface area contributed by atoms with E-state index in [1.807, 2.05) is 7.05 Å². The van der Waals surface area contributed by atoms with E-state index in [1.54, 1.807) is 0 Å². The van der Waals surface area contributed by atoms with Gasteiger partial charge in [0.05, 0.1) is 6.10 Å². The van der Waals surface area contributed by atoms with Crippen LogP contribution in [0, 0.1) is 11.3 Å². The number of nitrogens with zero attached hydrogens (tertiary/aromatic N) is 2. The fourth-order valence-corrected chi connectivity index (χ4v) is 2.96. The van der Waals surface area contributed by atoms with Gasteiger partial charge in [0.15, 0.2) is 5.96 Å². The van der Waals surface area contributed by atoms with Crippen molar-refractivity contribution in [3.05, 3.63) is 0 Å². The third-order valence-corrected chi connectivity index (χ3v) is 5.03. The molecule has 122 valence electrons. The molecule has 1 atom stereocenters. The minimum atomic E-state index is 0. The summed E-state index contributed by atoms with van der Waals surface area (Å²) < 4.78 is 6.01. The van der Waals surface area contributed by atoms with E-state index in [4.69, 9.17) is 4.74 Å². The van der Waals surface area contributed by atoms with Crippen molar-refractivity contribution in [2.75, 3.05) is 26.7 Å². The van der Waals surface area contributed by atoms with Crippen LogP contribution in [0.3, 0.4) is 0 Å². The Hall–Kier alpha value is -0.0400. The molecular formula is C16H30IN3O. The van der Waals surface area contributed by atoms with Crippen molar-refractivity contribution in [3.63, 3.8) is 0 Å². The molecule has 0 bridgehead atoms. The summed E-state index contributed by atoms with van der Waals surface area (Å²) >= 11 is 0. The molecule has 1 unspecified atom stereocenters. The third kappa shape index (κ3) is 4.71. The SMILES string of the molecule is CN=C(NC1CC1(C)C)N1CCC(OCC2CC2)CC1.I. The molecule has 2 saturated carbocycles. The van der Waals surface area contributed by atoms with Crippen LogP contribution in [-0.4, -0.2) is 49.7 Å². The zero-order valence-corrected chi connectivity index (χ0v) is 15.9. The van der Waals surface area contributed by atoms with E-state index in [9.17, 15) is 0 Å². The molecule has 1 heterocycles. The maximum Gasteiger partial charge on any atom is 0.193 e. The normalized spacial score (nSPS) is 29.0. The number of rotatable bonds is 4. The average molecular weight is 407 g/mol. The van der Waals surface area contributed by atoms with Crippen molar-refractivity contribution in [1.82, 2.24) is 10.2 Å². The lowest BCUT2D eigenvalue weighted by atomic mass is 10.1. The molecule has 4 nitrogen and oxygen atoms in total. The van der Waals surface area contributed by atoms with E-state index in [0.29, 0.717) is 17.6 Å². The first kappa shape index (κ1) is 17.3. The van der Waals surface area contributed by atoms with Crippen molar-refractivity contribution < 1.29 is 4.74 Å². The number of nitrogens with one attached hydrogen (secondary N) is 1. The van der Waals surface area contributed by atoms with E-state index in [0.717, 1.165) is 44.4 Å². The Bertz CT molecular complexity index is 374. The molecule has 1 N–H and O–H groups in total. The number of halogens is 1.